The average Bonchev–Trinajstić information content (AvgIpc) is 3.47. The van der Waals surface area contributed by atoms with E-state index in [0.29, 0.717) is 6.04 Å². The summed E-state index contributed by atoms with van der Waals surface area (Å²) in [7, 11) is 0. The van der Waals surface area contributed by atoms with Crippen LogP contribution in [-0.2, 0) is 14.3 Å². The average molecular weight is 341 g/mol. The third-order valence-electron chi connectivity index (χ3n) is 4.65. The summed E-state index contributed by atoms with van der Waals surface area (Å²) in [5, 5.41) is 12.1. The Kier molecular flexibility index (Phi) is 4.67. The van der Waals surface area contributed by atoms with Gasteiger partial charge < -0.3 is 14.6 Å². The Hall–Kier alpha value is -2.55. The summed E-state index contributed by atoms with van der Waals surface area (Å²) in [6.07, 6.45) is 4.90. The molecule has 1 N–H and O–H groups in total. The van der Waals surface area contributed by atoms with Gasteiger partial charge in [0.1, 0.15) is 11.6 Å². The predicted molar refractivity (Wildman–Crippen MR) is 92.5 cm³/mol. The summed E-state index contributed by atoms with van der Waals surface area (Å²) in [4.78, 5) is 24.1. The number of nitrogens with zero attached hydrogens (tertiary/aromatic N) is 2. The molecule has 6 heteroatoms. The van der Waals surface area contributed by atoms with Crippen molar-refractivity contribution in [1.29, 1.82) is 5.26 Å². The third-order valence-corrected chi connectivity index (χ3v) is 4.65. The number of nitrogens with one attached hydrogen (secondary N) is 1. The standard InChI is InChI=1S/C19H23N3O3/c1-11-8-14(12(2)22(11)17-6-7-17)9-15(10-20)19(24)25-13(3)18(23)21-16-4-5-16/h8-9,13,16-17H,4-7H2,1-3H3,(H,21,23)/b15-9+/t13-/m0/s1. The lowest BCUT2D eigenvalue weighted by atomic mass is 10.1. The first-order valence-corrected chi connectivity index (χ1v) is 8.72. The van der Waals surface area contributed by atoms with Gasteiger partial charge in [0.05, 0.1) is 0 Å². The van der Waals surface area contributed by atoms with Crippen molar-refractivity contribution >= 4 is 18.0 Å². The van der Waals surface area contributed by atoms with E-state index < -0.39 is 12.1 Å². The molecule has 0 bridgehead atoms. The first-order valence-electron chi connectivity index (χ1n) is 8.72. The zero-order valence-corrected chi connectivity index (χ0v) is 14.8. The van der Waals surface area contributed by atoms with Gasteiger partial charge in [0.2, 0.25) is 0 Å². The fourth-order valence-electron chi connectivity index (χ4n) is 2.96. The molecule has 0 aliphatic heterocycles. The van der Waals surface area contributed by atoms with Crippen molar-refractivity contribution in [2.75, 3.05) is 0 Å². The van der Waals surface area contributed by atoms with Crippen molar-refractivity contribution in [3.63, 3.8) is 0 Å². The second-order valence-electron chi connectivity index (χ2n) is 6.93. The van der Waals surface area contributed by atoms with Gasteiger partial charge in [-0.25, -0.2) is 4.79 Å². The molecule has 2 saturated carbocycles. The lowest BCUT2D eigenvalue weighted by Crippen LogP contribution is -2.37. The molecule has 0 radical (unpaired) electrons. The van der Waals surface area contributed by atoms with Gasteiger partial charge in [-0.3, -0.25) is 4.79 Å². The third kappa shape index (κ3) is 3.93. The number of ether oxygens (including phenoxy) is 1. The van der Waals surface area contributed by atoms with Crippen molar-refractivity contribution in [3.05, 3.63) is 28.6 Å². The van der Waals surface area contributed by atoms with Gasteiger partial charge in [-0.05, 0) is 64.2 Å². The summed E-state index contributed by atoms with van der Waals surface area (Å²) in [5.41, 5.74) is 2.91. The molecule has 25 heavy (non-hydrogen) atoms. The van der Waals surface area contributed by atoms with Gasteiger partial charge in [0.15, 0.2) is 6.10 Å². The molecular formula is C19H23N3O3. The van der Waals surface area contributed by atoms with Crippen LogP contribution in [-0.4, -0.2) is 28.6 Å². The van der Waals surface area contributed by atoms with E-state index in [1.807, 2.05) is 26.0 Å². The molecule has 2 aliphatic rings. The number of carbonyl (C=O) groups excluding carboxylic acids is 2. The van der Waals surface area contributed by atoms with Gasteiger partial charge in [-0.1, -0.05) is 0 Å². The molecule has 0 spiro atoms. The van der Waals surface area contributed by atoms with Crippen molar-refractivity contribution in [2.24, 2.45) is 0 Å². The van der Waals surface area contributed by atoms with Crippen LogP contribution in [0.2, 0.25) is 0 Å². The van der Waals surface area contributed by atoms with Gasteiger partial charge in [-0.2, -0.15) is 5.26 Å². The van der Waals surface area contributed by atoms with Crippen molar-refractivity contribution in [1.82, 2.24) is 9.88 Å². The van der Waals surface area contributed by atoms with Crippen LogP contribution in [0.5, 0.6) is 0 Å². The Bertz CT molecular complexity index is 777. The minimum atomic E-state index is -0.913. The van der Waals surface area contributed by atoms with Gasteiger partial charge in [0, 0.05) is 23.5 Å². The smallest absolute Gasteiger partial charge is 0.349 e. The van der Waals surface area contributed by atoms with E-state index in [-0.39, 0.29) is 17.5 Å². The van der Waals surface area contributed by atoms with E-state index in [4.69, 9.17) is 4.74 Å². The lowest BCUT2D eigenvalue weighted by Gasteiger charge is -2.12. The molecule has 0 aromatic carbocycles. The Morgan fingerprint density at radius 2 is 2.04 bits per heavy atom. The van der Waals surface area contributed by atoms with Gasteiger partial charge in [0.25, 0.3) is 5.91 Å². The van der Waals surface area contributed by atoms with Crippen LogP contribution in [0.25, 0.3) is 6.08 Å². The van der Waals surface area contributed by atoms with Crippen LogP contribution in [0.4, 0.5) is 0 Å². The Morgan fingerprint density at radius 1 is 1.36 bits per heavy atom. The topological polar surface area (TPSA) is 84.1 Å². The van der Waals surface area contributed by atoms with E-state index in [2.05, 4.69) is 9.88 Å². The highest BCUT2D eigenvalue weighted by Crippen LogP contribution is 2.38. The molecule has 0 saturated heterocycles. The number of rotatable bonds is 6. The maximum absolute atomic E-state index is 12.2. The Balaban J connectivity index is 1.71. The highest BCUT2D eigenvalue weighted by Gasteiger charge is 2.29. The number of nitriles is 1. The number of aryl methyl sites for hydroxylation is 1. The van der Waals surface area contributed by atoms with E-state index in [9.17, 15) is 14.9 Å². The highest BCUT2D eigenvalue weighted by molar-refractivity contribution is 5.99. The quantitative estimate of drug-likeness (QED) is 0.489. The molecule has 1 atom stereocenters. The maximum atomic E-state index is 12.2. The lowest BCUT2D eigenvalue weighted by molar-refractivity contribution is -0.150. The molecule has 6 nitrogen and oxygen atoms in total. The van der Waals surface area contributed by atoms with Crippen LogP contribution in [0.1, 0.15) is 55.6 Å². The van der Waals surface area contributed by atoms with Crippen LogP contribution >= 0.6 is 0 Å². The first kappa shape index (κ1) is 17.3. The SMILES string of the molecule is Cc1cc(/C=C(\C#N)C(=O)O[C@@H](C)C(=O)NC2CC2)c(C)n1C1CC1. The van der Waals surface area contributed by atoms with E-state index >= 15 is 0 Å². The monoisotopic (exact) mass is 341 g/mol. The fourth-order valence-corrected chi connectivity index (χ4v) is 2.96. The second kappa shape index (κ2) is 6.75. The number of aromatic nitrogens is 1. The first-order chi connectivity index (χ1) is 11.9. The number of esters is 1. The summed E-state index contributed by atoms with van der Waals surface area (Å²) in [6.45, 7) is 5.53. The van der Waals surface area contributed by atoms with Crippen LogP contribution < -0.4 is 5.32 Å². The molecule has 0 unspecified atom stereocenters. The number of hydrogen-bond donors (Lipinski definition) is 1. The summed E-state index contributed by atoms with van der Waals surface area (Å²) >= 11 is 0. The molecule has 1 amide bonds. The van der Waals surface area contributed by atoms with Crippen molar-refractivity contribution in [2.45, 2.75) is 64.6 Å². The van der Waals surface area contributed by atoms with Gasteiger partial charge in [-0.15, -0.1) is 0 Å². The van der Waals surface area contributed by atoms with E-state index in [0.717, 1.165) is 29.8 Å². The highest BCUT2D eigenvalue weighted by atomic mass is 16.5. The fraction of sp³-hybridized carbons (Fsp3) is 0.526. The van der Waals surface area contributed by atoms with E-state index in [1.165, 1.54) is 19.8 Å². The normalized spacial score (nSPS) is 18.4. The van der Waals surface area contributed by atoms with Crippen molar-refractivity contribution in [3.8, 4) is 6.07 Å². The second-order valence-corrected chi connectivity index (χ2v) is 6.93. The zero-order valence-electron chi connectivity index (χ0n) is 14.8. The van der Waals surface area contributed by atoms with Crippen LogP contribution in [0.15, 0.2) is 11.6 Å². The number of hydrogen-bond acceptors (Lipinski definition) is 4. The molecule has 2 fully saturated rings. The molecule has 1 aromatic rings. The Morgan fingerprint density at radius 3 is 2.60 bits per heavy atom. The van der Waals surface area contributed by atoms with E-state index in [1.54, 1.807) is 6.08 Å². The van der Waals surface area contributed by atoms with Gasteiger partial charge >= 0.3 is 5.97 Å². The molecule has 1 heterocycles. The Labute approximate surface area is 147 Å². The van der Waals surface area contributed by atoms with Crippen LogP contribution in [0, 0.1) is 25.2 Å². The summed E-state index contributed by atoms with van der Waals surface area (Å²) < 4.78 is 7.40. The maximum Gasteiger partial charge on any atom is 0.349 e. The van der Waals surface area contributed by atoms with Crippen LogP contribution in [0.3, 0.4) is 0 Å². The largest absolute Gasteiger partial charge is 0.448 e. The van der Waals surface area contributed by atoms with Crippen molar-refractivity contribution < 1.29 is 14.3 Å². The molecular weight excluding hydrogens is 318 g/mol. The molecule has 3 rings (SSSR count). The number of carbonyl (C=O) groups is 2. The summed E-state index contributed by atoms with van der Waals surface area (Å²) in [6, 6.07) is 4.60. The minimum Gasteiger partial charge on any atom is -0.448 e. The molecule has 132 valence electrons. The molecule has 1 aromatic heterocycles. The molecule has 2 aliphatic carbocycles. The zero-order chi connectivity index (χ0) is 18.1. The summed E-state index contributed by atoms with van der Waals surface area (Å²) in [5.74, 6) is -1.09. The predicted octanol–water partition coefficient (Wildman–Crippen LogP) is 2.56. The minimum absolute atomic E-state index is 0.0953. The number of amides is 1.